The van der Waals surface area contributed by atoms with Gasteiger partial charge in [0.15, 0.2) is 0 Å². The van der Waals surface area contributed by atoms with Gasteiger partial charge in [0.2, 0.25) is 0 Å². The Balaban J connectivity index is 1.81. The van der Waals surface area contributed by atoms with E-state index < -0.39 is 6.04 Å². The summed E-state index contributed by atoms with van der Waals surface area (Å²) in [4.78, 5) is 27.7. The maximum Gasteiger partial charge on any atom is 0.330 e. The summed E-state index contributed by atoms with van der Waals surface area (Å²) in [5, 5.41) is -0.0589. The minimum atomic E-state index is -0.556. The number of ether oxygens (including phenoxy) is 1. The molecule has 3 rings (SSSR count). The van der Waals surface area contributed by atoms with Crippen LogP contribution in [0.5, 0.6) is 0 Å². The zero-order valence-corrected chi connectivity index (χ0v) is 18.4. The first-order valence-corrected chi connectivity index (χ1v) is 11.2. The summed E-state index contributed by atoms with van der Waals surface area (Å²) in [6.45, 7) is 3.65. The molecule has 2 atom stereocenters. The van der Waals surface area contributed by atoms with Crippen LogP contribution in [0.25, 0.3) is 0 Å². The van der Waals surface area contributed by atoms with Crippen molar-refractivity contribution in [3.63, 3.8) is 0 Å². The lowest BCUT2D eigenvalue weighted by molar-refractivity contribution is -0.151. The van der Waals surface area contributed by atoms with Crippen molar-refractivity contribution in [3.05, 3.63) is 70.2 Å². The number of hydrogen-bond acceptors (Lipinski definition) is 4. The van der Waals surface area contributed by atoms with Gasteiger partial charge in [-0.15, -0.1) is 11.8 Å². The first kappa shape index (κ1) is 20.9. The summed E-state index contributed by atoms with van der Waals surface area (Å²) in [7, 11) is 0. The smallest absolute Gasteiger partial charge is 0.330 e. The van der Waals surface area contributed by atoms with Crippen molar-refractivity contribution < 1.29 is 14.3 Å². The topological polar surface area (TPSA) is 46.6 Å². The number of benzene rings is 2. The number of halogens is 1. The number of aryl methyl sites for hydroxylation is 1. The largest absolute Gasteiger partial charge is 0.461 e. The maximum absolute atomic E-state index is 13.3. The standard InChI is InChI=1S/C22H24BrNO3S/c1-15(2)27-22(26)19-14-28-20(12-11-16-7-4-3-5-8-16)24(19)21(25)17-9-6-10-18(23)13-17/h3-10,13,15,19-20H,11-12,14H2,1-2H3. The van der Waals surface area contributed by atoms with E-state index >= 15 is 0 Å². The molecule has 0 aromatic heterocycles. The third kappa shape index (κ3) is 5.17. The average molecular weight is 462 g/mol. The van der Waals surface area contributed by atoms with E-state index in [0.29, 0.717) is 11.3 Å². The first-order chi connectivity index (χ1) is 13.5. The van der Waals surface area contributed by atoms with Crippen LogP contribution >= 0.6 is 27.7 Å². The molecule has 28 heavy (non-hydrogen) atoms. The highest BCUT2D eigenvalue weighted by molar-refractivity contribution is 9.10. The molecule has 0 N–H and O–H groups in total. The Morgan fingerprint density at radius 3 is 2.61 bits per heavy atom. The number of hydrogen-bond donors (Lipinski definition) is 0. The Labute approximate surface area is 178 Å². The van der Waals surface area contributed by atoms with Crippen LogP contribution in [0, 0.1) is 0 Å². The van der Waals surface area contributed by atoms with Crippen molar-refractivity contribution in [2.45, 2.75) is 44.2 Å². The van der Waals surface area contributed by atoms with Crippen LogP contribution in [-0.4, -0.2) is 40.0 Å². The zero-order valence-electron chi connectivity index (χ0n) is 16.0. The third-order valence-electron chi connectivity index (χ3n) is 4.55. The molecule has 0 aliphatic carbocycles. The van der Waals surface area contributed by atoms with Gasteiger partial charge in [-0.1, -0.05) is 52.3 Å². The summed E-state index contributed by atoms with van der Waals surface area (Å²) in [6, 6.07) is 17.0. The molecule has 1 aliphatic rings. The molecular formula is C22H24BrNO3S. The van der Waals surface area contributed by atoms with Gasteiger partial charge in [-0.2, -0.15) is 0 Å². The predicted molar refractivity (Wildman–Crippen MR) is 116 cm³/mol. The third-order valence-corrected chi connectivity index (χ3v) is 6.39. The monoisotopic (exact) mass is 461 g/mol. The van der Waals surface area contributed by atoms with Crippen LogP contribution in [0.3, 0.4) is 0 Å². The van der Waals surface area contributed by atoms with Gasteiger partial charge in [0.1, 0.15) is 6.04 Å². The maximum atomic E-state index is 13.3. The molecule has 1 aliphatic heterocycles. The fourth-order valence-corrected chi connectivity index (χ4v) is 5.04. The SMILES string of the molecule is CC(C)OC(=O)C1CSC(CCc2ccccc2)N1C(=O)c1cccc(Br)c1. The highest BCUT2D eigenvalue weighted by atomic mass is 79.9. The summed E-state index contributed by atoms with van der Waals surface area (Å²) >= 11 is 5.08. The lowest BCUT2D eigenvalue weighted by Crippen LogP contribution is -2.47. The van der Waals surface area contributed by atoms with E-state index in [1.165, 1.54) is 5.56 Å². The van der Waals surface area contributed by atoms with Crippen molar-refractivity contribution in [1.29, 1.82) is 0 Å². The number of nitrogens with zero attached hydrogens (tertiary/aromatic N) is 1. The molecular weight excluding hydrogens is 438 g/mol. The van der Waals surface area contributed by atoms with E-state index in [9.17, 15) is 9.59 Å². The van der Waals surface area contributed by atoms with Crippen LogP contribution in [0.4, 0.5) is 0 Å². The molecule has 0 saturated carbocycles. The lowest BCUT2D eigenvalue weighted by atomic mass is 10.1. The lowest BCUT2D eigenvalue weighted by Gasteiger charge is -2.29. The number of esters is 1. The average Bonchev–Trinajstić information content (AvgIpc) is 3.10. The van der Waals surface area contributed by atoms with Gasteiger partial charge in [0.25, 0.3) is 5.91 Å². The molecule has 2 unspecified atom stereocenters. The van der Waals surface area contributed by atoms with E-state index in [1.807, 2.05) is 44.2 Å². The van der Waals surface area contributed by atoms with Crippen molar-refractivity contribution in [2.75, 3.05) is 5.75 Å². The van der Waals surface area contributed by atoms with Gasteiger partial charge in [-0.3, -0.25) is 4.79 Å². The molecule has 148 valence electrons. The van der Waals surface area contributed by atoms with Crippen LogP contribution < -0.4 is 0 Å². The van der Waals surface area contributed by atoms with Gasteiger partial charge in [0.05, 0.1) is 11.5 Å². The van der Waals surface area contributed by atoms with Gasteiger partial charge < -0.3 is 9.64 Å². The number of amides is 1. The van der Waals surface area contributed by atoms with Crippen molar-refractivity contribution in [3.8, 4) is 0 Å². The Kier molecular flexibility index (Phi) is 7.18. The van der Waals surface area contributed by atoms with Crippen molar-refractivity contribution in [1.82, 2.24) is 4.90 Å². The van der Waals surface area contributed by atoms with E-state index in [-0.39, 0.29) is 23.4 Å². The molecule has 2 aromatic carbocycles. The summed E-state index contributed by atoms with van der Waals surface area (Å²) in [6.07, 6.45) is 1.44. The number of carbonyl (C=O) groups excluding carboxylic acids is 2. The van der Waals surface area contributed by atoms with Crippen LogP contribution in [0.2, 0.25) is 0 Å². The van der Waals surface area contributed by atoms with E-state index in [0.717, 1.165) is 17.3 Å². The first-order valence-electron chi connectivity index (χ1n) is 9.40. The quantitative estimate of drug-likeness (QED) is 0.572. The summed E-state index contributed by atoms with van der Waals surface area (Å²) < 4.78 is 6.27. The molecule has 0 spiro atoms. The van der Waals surface area contributed by atoms with Crippen LogP contribution in [0.1, 0.15) is 36.2 Å². The van der Waals surface area contributed by atoms with E-state index in [1.54, 1.807) is 28.8 Å². The highest BCUT2D eigenvalue weighted by Crippen LogP contribution is 2.34. The summed E-state index contributed by atoms with van der Waals surface area (Å²) in [5.74, 6) is 0.105. The summed E-state index contributed by atoms with van der Waals surface area (Å²) in [5.41, 5.74) is 1.80. The van der Waals surface area contributed by atoms with Gasteiger partial charge in [0, 0.05) is 15.8 Å². The Bertz CT molecular complexity index is 828. The molecule has 1 saturated heterocycles. The second kappa shape index (κ2) is 9.61. The number of rotatable bonds is 6. The van der Waals surface area contributed by atoms with Crippen LogP contribution in [0.15, 0.2) is 59.1 Å². The second-order valence-electron chi connectivity index (χ2n) is 7.04. The van der Waals surface area contributed by atoms with Crippen LogP contribution in [-0.2, 0) is 16.0 Å². The highest BCUT2D eigenvalue weighted by Gasteiger charge is 2.42. The van der Waals surface area contributed by atoms with Gasteiger partial charge >= 0.3 is 5.97 Å². The Morgan fingerprint density at radius 1 is 1.18 bits per heavy atom. The van der Waals surface area contributed by atoms with E-state index in [2.05, 4.69) is 28.1 Å². The molecule has 4 nitrogen and oxygen atoms in total. The Morgan fingerprint density at radius 2 is 1.93 bits per heavy atom. The van der Waals surface area contributed by atoms with E-state index in [4.69, 9.17) is 4.74 Å². The zero-order chi connectivity index (χ0) is 20.1. The van der Waals surface area contributed by atoms with Crippen molar-refractivity contribution in [2.24, 2.45) is 0 Å². The molecule has 1 heterocycles. The number of carbonyl (C=O) groups is 2. The predicted octanol–water partition coefficient (Wildman–Crippen LogP) is 4.92. The molecule has 1 amide bonds. The molecule has 0 radical (unpaired) electrons. The minimum Gasteiger partial charge on any atom is -0.461 e. The molecule has 0 bridgehead atoms. The molecule has 2 aromatic rings. The fraction of sp³-hybridized carbons (Fsp3) is 0.364. The van der Waals surface area contributed by atoms with Gasteiger partial charge in [-0.05, 0) is 50.5 Å². The molecule has 6 heteroatoms. The second-order valence-corrected chi connectivity index (χ2v) is 9.16. The van der Waals surface area contributed by atoms with Crippen molar-refractivity contribution >= 4 is 39.6 Å². The number of thioether (sulfide) groups is 1. The normalized spacial score (nSPS) is 19.1. The Hall–Kier alpha value is -1.79. The minimum absolute atomic E-state index is 0.0589. The molecule has 1 fully saturated rings. The fourth-order valence-electron chi connectivity index (χ4n) is 3.26. The van der Waals surface area contributed by atoms with Gasteiger partial charge in [-0.25, -0.2) is 4.79 Å².